The van der Waals surface area contributed by atoms with Crippen molar-refractivity contribution in [1.82, 2.24) is 15.3 Å². The molecule has 0 amide bonds. The van der Waals surface area contributed by atoms with Crippen LogP contribution < -0.4 is 5.32 Å². The zero-order valence-electron chi connectivity index (χ0n) is 13.9. The first-order chi connectivity index (χ1) is 11.7. The van der Waals surface area contributed by atoms with Gasteiger partial charge in [0.25, 0.3) is 0 Å². The molecule has 0 radical (unpaired) electrons. The van der Waals surface area contributed by atoms with E-state index >= 15 is 0 Å². The number of hydrogen-bond acceptors (Lipinski definition) is 4. The minimum absolute atomic E-state index is 0.238. The Bertz CT molecular complexity index is 657. The predicted molar refractivity (Wildman–Crippen MR) is 93.2 cm³/mol. The molecule has 0 unspecified atom stereocenters. The van der Waals surface area contributed by atoms with Crippen molar-refractivity contribution in [2.75, 3.05) is 6.61 Å². The monoisotopic (exact) mass is 325 g/mol. The van der Waals surface area contributed by atoms with Gasteiger partial charge in [0, 0.05) is 30.4 Å². The number of benzene rings is 1. The molecule has 0 aliphatic heterocycles. The van der Waals surface area contributed by atoms with Gasteiger partial charge in [0.1, 0.15) is 6.04 Å². The van der Waals surface area contributed by atoms with Gasteiger partial charge in [-0.25, -0.2) is 4.98 Å². The Morgan fingerprint density at radius 2 is 2.21 bits per heavy atom. The Balaban J connectivity index is 1.95. The second-order valence-corrected chi connectivity index (χ2v) is 5.58. The Labute approximate surface area is 142 Å². The van der Waals surface area contributed by atoms with Crippen LogP contribution in [0.1, 0.15) is 36.6 Å². The molecule has 0 saturated carbocycles. The molecule has 2 N–H and O–H groups in total. The smallest absolute Gasteiger partial charge is 0.323 e. The van der Waals surface area contributed by atoms with Crippen LogP contribution in [0.4, 0.5) is 0 Å². The molecular weight excluding hydrogens is 302 g/mol. The zero-order chi connectivity index (χ0) is 17.2. The summed E-state index contributed by atoms with van der Waals surface area (Å²) in [7, 11) is 0. The fourth-order valence-electron chi connectivity index (χ4n) is 2.23. The van der Waals surface area contributed by atoms with Crippen molar-refractivity contribution in [3.63, 3.8) is 0 Å². The molecule has 5 nitrogen and oxygen atoms in total. The number of terminal acetylenes is 1. The molecule has 1 aromatic heterocycles. The first kappa shape index (κ1) is 17.8. The van der Waals surface area contributed by atoms with E-state index in [9.17, 15) is 4.79 Å². The molecular formula is C19H23N3O2. The van der Waals surface area contributed by atoms with Crippen LogP contribution in [0, 0.1) is 12.3 Å². The molecule has 24 heavy (non-hydrogen) atoms. The maximum atomic E-state index is 12.3. The molecule has 2 rings (SSSR count). The molecule has 0 bridgehead atoms. The van der Waals surface area contributed by atoms with E-state index in [1.807, 2.05) is 24.3 Å². The standard InChI is InChI=1S/C19H23N3O2/c1-3-5-10-24-19(23)18(11-17-13-20-14-22-17)21-12-16-8-6-15(4-2)7-9-16/h2,6-9,13-14,18,21H,3,5,10-12H2,1H3,(H,20,22)/t18-/m1/s1. The predicted octanol–water partition coefficient (Wildman–Crippen LogP) is 2.44. The lowest BCUT2D eigenvalue weighted by molar-refractivity contribution is -0.146. The van der Waals surface area contributed by atoms with Crippen LogP contribution in [-0.4, -0.2) is 28.6 Å². The second kappa shape index (κ2) is 9.53. The van der Waals surface area contributed by atoms with E-state index in [2.05, 4.69) is 28.1 Å². The molecule has 1 heterocycles. The van der Waals surface area contributed by atoms with E-state index < -0.39 is 6.04 Å². The molecule has 1 atom stereocenters. The highest BCUT2D eigenvalue weighted by atomic mass is 16.5. The first-order valence-corrected chi connectivity index (χ1v) is 8.15. The molecule has 0 aliphatic rings. The minimum Gasteiger partial charge on any atom is -0.465 e. The van der Waals surface area contributed by atoms with Gasteiger partial charge in [-0.05, 0) is 24.1 Å². The van der Waals surface area contributed by atoms with Gasteiger partial charge in [0.2, 0.25) is 0 Å². The SMILES string of the molecule is C#Cc1ccc(CN[C@H](Cc2cnc[nH]2)C(=O)OCCCC)cc1. The number of carbonyl (C=O) groups excluding carboxylic acids is 1. The molecule has 5 heteroatoms. The Kier molecular flexibility index (Phi) is 7.06. The maximum absolute atomic E-state index is 12.3. The number of ether oxygens (including phenoxy) is 1. The van der Waals surface area contributed by atoms with E-state index in [0.717, 1.165) is 29.7 Å². The van der Waals surface area contributed by atoms with Gasteiger partial charge in [0.15, 0.2) is 0 Å². The van der Waals surface area contributed by atoms with Gasteiger partial charge in [-0.2, -0.15) is 0 Å². The summed E-state index contributed by atoms with van der Waals surface area (Å²) in [5.74, 6) is 2.35. The quantitative estimate of drug-likeness (QED) is 0.422. The Morgan fingerprint density at radius 1 is 1.42 bits per heavy atom. The number of nitrogens with one attached hydrogen (secondary N) is 2. The van der Waals surface area contributed by atoms with Gasteiger partial charge >= 0.3 is 5.97 Å². The van der Waals surface area contributed by atoms with Crippen LogP contribution >= 0.6 is 0 Å². The van der Waals surface area contributed by atoms with Gasteiger partial charge in [-0.1, -0.05) is 31.4 Å². The maximum Gasteiger partial charge on any atom is 0.323 e. The summed E-state index contributed by atoms with van der Waals surface area (Å²) in [5, 5.41) is 3.26. The Hall–Kier alpha value is -2.58. The minimum atomic E-state index is -0.422. The largest absolute Gasteiger partial charge is 0.465 e. The van der Waals surface area contributed by atoms with Gasteiger partial charge < -0.3 is 9.72 Å². The van der Waals surface area contributed by atoms with Crippen molar-refractivity contribution >= 4 is 5.97 Å². The fourth-order valence-corrected chi connectivity index (χ4v) is 2.23. The third kappa shape index (κ3) is 5.56. The summed E-state index contributed by atoms with van der Waals surface area (Å²) < 4.78 is 5.36. The van der Waals surface area contributed by atoms with Crippen LogP contribution in [-0.2, 0) is 22.5 Å². The normalized spacial score (nSPS) is 11.7. The molecule has 0 aliphatic carbocycles. The summed E-state index contributed by atoms with van der Waals surface area (Å²) in [5.41, 5.74) is 2.79. The summed E-state index contributed by atoms with van der Waals surface area (Å²) in [4.78, 5) is 19.3. The number of imidazole rings is 1. The number of aromatic amines is 1. The van der Waals surface area contributed by atoms with Crippen molar-refractivity contribution in [3.8, 4) is 12.3 Å². The number of rotatable bonds is 9. The van der Waals surface area contributed by atoms with Crippen LogP contribution in [0.5, 0.6) is 0 Å². The van der Waals surface area contributed by atoms with E-state index in [4.69, 9.17) is 11.2 Å². The molecule has 0 spiro atoms. The average molecular weight is 325 g/mol. The van der Waals surface area contributed by atoms with Gasteiger partial charge in [-0.15, -0.1) is 6.42 Å². The van der Waals surface area contributed by atoms with Gasteiger partial charge in [-0.3, -0.25) is 10.1 Å². The number of esters is 1. The fraction of sp³-hybridized carbons (Fsp3) is 0.368. The number of unbranched alkanes of at least 4 members (excludes halogenated alkanes) is 1. The summed E-state index contributed by atoms with van der Waals surface area (Å²) >= 11 is 0. The molecule has 126 valence electrons. The zero-order valence-corrected chi connectivity index (χ0v) is 13.9. The van der Waals surface area contributed by atoms with Crippen molar-refractivity contribution in [2.45, 2.75) is 38.8 Å². The number of hydrogen-bond donors (Lipinski definition) is 2. The molecule has 0 saturated heterocycles. The van der Waals surface area contributed by atoms with E-state index in [1.165, 1.54) is 0 Å². The lowest BCUT2D eigenvalue weighted by Crippen LogP contribution is -2.39. The topological polar surface area (TPSA) is 67.0 Å². The van der Waals surface area contributed by atoms with Crippen molar-refractivity contribution in [2.24, 2.45) is 0 Å². The summed E-state index contributed by atoms with van der Waals surface area (Å²) in [6.07, 6.45) is 11.1. The average Bonchev–Trinajstić information content (AvgIpc) is 3.12. The highest BCUT2D eigenvalue weighted by Crippen LogP contribution is 2.06. The molecule has 2 aromatic rings. The second-order valence-electron chi connectivity index (χ2n) is 5.58. The number of aromatic nitrogens is 2. The highest BCUT2D eigenvalue weighted by molar-refractivity contribution is 5.76. The lowest BCUT2D eigenvalue weighted by Gasteiger charge is -2.17. The van der Waals surface area contributed by atoms with Crippen LogP contribution in [0.15, 0.2) is 36.8 Å². The van der Waals surface area contributed by atoms with Crippen molar-refractivity contribution < 1.29 is 9.53 Å². The number of H-pyrrole nitrogens is 1. The van der Waals surface area contributed by atoms with Gasteiger partial charge in [0.05, 0.1) is 12.9 Å². The van der Waals surface area contributed by atoms with Crippen LogP contribution in [0.3, 0.4) is 0 Å². The summed E-state index contributed by atoms with van der Waals surface area (Å²) in [6.45, 7) is 3.08. The summed E-state index contributed by atoms with van der Waals surface area (Å²) in [6, 6.07) is 7.27. The number of nitrogens with zero attached hydrogens (tertiary/aromatic N) is 1. The highest BCUT2D eigenvalue weighted by Gasteiger charge is 2.20. The van der Waals surface area contributed by atoms with Crippen LogP contribution in [0.25, 0.3) is 0 Å². The molecule has 1 aromatic carbocycles. The molecule has 0 fully saturated rings. The third-order valence-electron chi connectivity index (χ3n) is 3.68. The first-order valence-electron chi connectivity index (χ1n) is 8.15. The van der Waals surface area contributed by atoms with Crippen LogP contribution in [0.2, 0.25) is 0 Å². The Morgan fingerprint density at radius 3 is 2.83 bits per heavy atom. The van der Waals surface area contributed by atoms with E-state index in [1.54, 1.807) is 12.5 Å². The van der Waals surface area contributed by atoms with E-state index in [-0.39, 0.29) is 5.97 Å². The van der Waals surface area contributed by atoms with E-state index in [0.29, 0.717) is 19.6 Å². The van der Waals surface area contributed by atoms with Crippen molar-refractivity contribution in [3.05, 3.63) is 53.6 Å². The lowest BCUT2D eigenvalue weighted by atomic mass is 10.1. The number of carbonyl (C=O) groups is 1. The van der Waals surface area contributed by atoms with Crippen molar-refractivity contribution in [1.29, 1.82) is 0 Å². The third-order valence-corrected chi connectivity index (χ3v) is 3.68.